The van der Waals surface area contributed by atoms with Crippen LogP contribution in [0.2, 0.25) is 5.02 Å². The summed E-state index contributed by atoms with van der Waals surface area (Å²) >= 11 is 6.22. The zero-order valence-corrected chi connectivity index (χ0v) is 14.5. The second-order valence-electron chi connectivity index (χ2n) is 6.14. The number of amides is 1. The van der Waals surface area contributed by atoms with E-state index in [2.05, 4.69) is 0 Å². The number of benzene rings is 2. The predicted octanol–water partition coefficient (Wildman–Crippen LogP) is 3.15. The van der Waals surface area contributed by atoms with Crippen molar-refractivity contribution >= 4 is 28.9 Å². The van der Waals surface area contributed by atoms with E-state index in [1.807, 2.05) is 0 Å². The molecule has 0 aromatic heterocycles. The molecule has 7 nitrogen and oxygen atoms in total. The fourth-order valence-electron chi connectivity index (χ4n) is 3.28. The second-order valence-corrected chi connectivity index (χ2v) is 6.55. The Morgan fingerprint density at radius 3 is 2.85 bits per heavy atom. The van der Waals surface area contributed by atoms with Crippen LogP contribution < -0.4 is 14.4 Å². The topological polar surface area (TPSA) is 81.9 Å². The Bertz CT molecular complexity index is 915. The maximum Gasteiger partial charge on any atom is 0.271 e. The van der Waals surface area contributed by atoms with Crippen molar-refractivity contribution in [2.75, 3.05) is 24.7 Å². The SMILES string of the molecule is O=C(Cc1cc(Cl)c2c(c1)OCCO2)N1CCc2ccc([N+](=O)[O-])cc21. The maximum atomic E-state index is 12.8. The van der Waals surface area contributed by atoms with Crippen LogP contribution in [0.3, 0.4) is 0 Å². The van der Waals surface area contributed by atoms with Gasteiger partial charge in [0, 0.05) is 18.7 Å². The van der Waals surface area contributed by atoms with Gasteiger partial charge in [-0.1, -0.05) is 17.7 Å². The molecule has 2 aromatic rings. The van der Waals surface area contributed by atoms with Gasteiger partial charge in [0.05, 0.1) is 22.1 Å². The lowest BCUT2D eigenvalue weighted by Crippen LogP contribution is -2.30. The monoisotopic (exact) mass is 374 g/mol. The van der Waals surface area contributed by atoms with E-state index in [0.29, 0.717) is 54.0 Å². The summed E-state index contributed by atoms with van der Waals surface area (Å²) in [6.07, 6.45) is 0.805. The lowest BCUT2D eigenvalue weighted by Gasteiger charge is -2.21. The van der Waals surface area contributed by atoms with Crippen LogP contribution in [0.5, 0.6) is 11.5 Å². The van der Waals surface area contributed by atoms with Gasteiger partial charge >= 0.3 is 0 Å². The van der Waals surface area contributed by atoms with E-state index in [-0.39, 0.29) is 18.0 Å². The molecular formula is C18H15ClN2O5. The molecule has 0 fully saturated rings. The largest absolute Gasteiger partial charge is 0.486 e. The normalized spacial score (nSPS) is 14.9. The lowest BCUT2D eigenvalue weighted by atomic mass is 10.1. The van der Waals surface area contributed by atoms with Gasteiger partial charge in [-0.15, -0.1) is 0 Å². The van der Waals surface area contributed by atoms with Gasteiger partial charge in [0.2, 0.25) is 5.91 Å². The van der Waals surface area contributed by atoms with Crippen molar-refractivity contribution in [3.8, 4) is 11.5 Å². The summed E-state index contributed by atoms with van der Waals surface area (Å²) in [5, 5.41) is 11.4. The number of nitrogens with zero attached hydrogens (tertiary/aromatic N) is 2. The molecule has 0 radical (unpaired) electrons. The minimum absolute atomic E-state index is 0.0224. The summed E-state index contributed by atoms with van der Waals surface area (Å²) in [4.78, 5) is 24.9. The molecule has 0 unspecified atom stereocenters. The first-order chi connectivity index (χ1) is 12.5. The number of hydrogen-bond acceptors (Lipinski definition) is 5. The molecule has 0 saturated carbocycles. The third-order valence-electron chi connectivity index (χ3n) is 4.49. The van der Waals surface area contributed by atoms with Gasteiger partial charge in [-0.05, 0) is 29.7 Å². The van der Waals surface area contributed by atoms with Gasteiger partial charge in [0.15, 0.2) is 11.5 Å². The number of carbonyl (C=O) groups excluding carboxylic acids is 1. The number of rotatable bonds is 3. The first kappa shape index (κ1) is 16.7. The smallest absolute Gasteiger partial charge is 0.271 e. The summed E-state index contributed by atoms with van der Waals surface area (Å²) in [5.41, 5.74) is 2.23. The Morgan fingerprint density at radius 1 is 1.23 bits per heavy atom. The highest BCUT2D eigenvalue weighted by Crippen LogP contribution is 2.39. The van der Waals surface area contributed by atoms with Crippen molar-refractivity contribution < 1.29 is 19.2 Å². The second kappa shape index (κ2) is 6.49. The summed E-state index contributed by atoms with van der Waals surface area (Å²) in [7, 11) is 0. The van der Waals surface area contributed by atoms with Crippen LogP contribution in [-0.2, 0) is 17.6 Å². The van der Waals surface area contributed by atoms with Crippen LogP contribution in [0, 0.1) is 10.1 Å². The van der Waals surface area contributed by atoms with E-state index in [0.717, 1.165) is 5.56 Å². The number of halogens is 1. The number of anilines is 1. The van der Waals surface area contributed by atoms with Crippen molar-refractivity contribution in [2.24, 2.45) is 0 Å². The third-order valence-corrected chi connectivity index (χ3v) is 4.77. The number of non-ortho nitro benzene ring substituents is 1. The summed E-state index contributed by atoms with van der Waals surface area (Å²) in [5.74, 6) is 0.886. The van der Waals surface area contributed by atoms with Crippen LogP contribution in [0.4, 0.5) is 11.4 Å². The van der Waals surface area contributed by atoms with E-state index in [9.17, 15) is 14.9 Å². The van der Waals surface area contributed by atoms with E-state index < -0.39 is 4.92 Å². The van der Waals surface area contributed by atoms with Crippen molar-refractivity contribution in [3.63, 3.8) is 0 Å². The molecule has 0 spiro atoms. The van der Waals surface area contributed by atoms with Gasteiger partial charge in [-0.3, -0.25) is 14.9 Å². The van der Waals surface area contributed by atoms with Gasteiger partial charge in [-0.25, -0.2) is 0 Å². The summed E-state index contributed by atoms with van der Waals surface area (Å²) in [6, 6.07) is 8.08. The molecule has 2 aliphatic rings. The van der Waals surface area contributed by atoms with Gasteiger partial charge < -0.3 is 14.4 Å². The van der Waals surface area contributed by atoms with Crippen LogP contribution in [-0.4, -0.2) is 30.6 Å². The lowest BCUT2D eigenvalue weighted by molar-refractivity contribution is -0.384. The Labute approximate surface area is 154 Å². The molecular weight excluding hydrogens is 360 g/mol. The molecule has 134 valence electrons. The minimum Gasteiger partial charge on any atom is -0.486 e. The van der Waals surface area contributed by atoms with Crippen molar-refractivity contribution in [3.05, 3.63) is 56.6 Å². The van der Waals surface area contributed by atoms with Crippen LogP contribution in [0.15, 0.2) is 30.3 Å². The van der Waals surface area contributed by atoms with Crippen LogP contribution in [0.25, 0.3) is 0 Å². The van der Waals surface area contributed by atoms with E-state index >= 15 is 0 Å². The van der Waals surface area contributed by atoms with Crippen LogP contribution in [0.1, 0.15) is 11.1 Å². The highest BCUT2D eigenvalue weighted by atomic mass is 35.5. The van der Waals surface area contributed by atoms with E-state index in [1.54, 1.807) is 23.1 Å². The zero-order valence-electron chi connectivity index (χ0n) is 13.7. The predicted molar refractivity (Wildman–Crippen MR) is 95.3 cm³/mol. The number of fused-ring (bicyclic) bond motifs is 2. The molecule has 26 heavy (non-hydrogen) atoms. The molecule has 2 heterocycles. The molecule has 0 bridgehead atoms. The Hall–Kier alpha value is -2.80. The quantitative estimate of drug-likeness (QED) is 0.609. The fraction of sp³-hybridized carbons (Fsp3) is 0.278. The fourth-order valence-corrected chi connectivity index (χ4v) is 3.56. The first-order valence-corrected chi connectivity index (χ1v) is 8.56. The van der Waals surface area contributed by atoms with E-state index in [1.165, 1.54) is 12.1 Å². The highest BCUT2D eigenvalue weighted by molar-refractivity contribution is 6.32. The zero-order chi connectivity index (χ0) is 18.3. The van der Waals surface area contributed by atoms with Crippen molar-refractivity contribution in [1.29, 1.82) is 0 Å². The molecule has 8 heteroatoms. The number of hydrogen-bond donors (Lipinski definition) is 0. The molecule has 0 atom stereocenters. The number of nitro groups is 1. The van der Waals surface area contributed by atoms with Crippen LogP contribution >= 0.6 is 11.6 Å². The van der Waals surface area contributed by atoms with Crippen molar-refractivity contribution in [1.82, 2.24) is 0 Å². The standard InChI is InChI=1S/C18H15ClN2O5/c19-14-7-11(8-16-18(14)26-6-5-25-16)9-17(22)20-4-3-12-1-2-13(21(23)24)10-15(12)20/h1-2,7-8,10H,3-6,9H2. The van der Waals surface area contributed by atoms with Gasteiger partial charge in [-0.2, -0.15) is 0 Å². The molecule has 4 rings (SSSR count). The molecule has 2 aromatic carbocycles. The summed E-state index contributed by atoms with van der Waals surface area (Å²) in [6.45, 7) is 1.38. The number of carbonyl (C=O) groups is 1. The number of nitro benzene ring substituents is 1. The van der Waals surface area contributed by atoms with E-state index in [4.69, 9.17) is 21.1 Å². The highest BCUT2D eigenvalue weighted by Gasteiger charge is 2.27. The van der Waals surface area contributed by atoms with Gasteiger partial charge in [0.1, 0.15) is 13.2 Å². The van der Waals surface area contributed by atoms with Crippen molar-refractivity contribution in [2.45, 2.75) is 12.8 Å². The Morgan fingerprint density at radius 2 is 2.04 bits per heavy atom. The maximum absolute atomic E-state index is 12.8. The average molecular weight is 375 g/mol. The summed E-state index contributed by atoms with van der Waals surface area (Å²) < 4.78 is 11.0. The van der Waals surface area contributed by atoms with Gasteiger partial charge in [0.25, 0.3) is 5.69 Å². The number of ether oxygens (including phenoxy) is 2. The molecule has 0 N–H and O–H groups in total. The Balaban J connectivity index is 1.58. The third kappa shape index (κ3) is 2.94. The Kier molecular flexibility index (Phi) is 4.16. The first-order valence-electron chi connectivity index (χ1n) is 8.18. The molecule has 2 aliphatic heterocycles. The molecule has 1 amide bonds. The average Bonchev–Trinajstić information content (AvgIpc) is 3.05. The minimum atomic E-state index is -0.456. The molecule has 0 aliphatic carbocycles. The molecule has 0 saturated heterocycles.